The third-order valence-electron chi connectivity index (χ3n) is 8.16. The Balaban J connectivity index is 1.49. The number of likely N-dealkylation sites (tertiary alicyclic amines) is 1. The lowest BCUT2D eigenvalue weighted by Crippen LogP contribution is -2.56. The van der Waals surface area contributed by atoms with Crippen LogP contribution in [0.3, 0.4) is 0 Å². The predicted molar refractivity (Wildman–Crippen MR) is 139 cm³/mol. The number of imide groups is 1. The van der Waals surface area contributed by atoms with E-state index in [0.717, 1.165) is 44.2 Å². The molecule has 1 aromatic heterocycles. The van der Waals surface area contributed by atoms with Gasteiger partial charge in [-0.15, -0.1) is 11.3 Å². The number of thiophene rings is 1. The highest BCUT2D eigenvalue weighted by Gasteiger charge is 2.43. The number of carbonyl (C=O) groups excluding carboxylic acids is 2. The van der Waals surface area contributed by atoms with Crippen molar-refractivity contribution in [3.05, 3.63) is 16.0 Å². The largest absolute Gasteiger partial charge is 0.389 e. The second-order valence-electron chi connectivity index (χ2n) is 11.0. The van der Waals surface area contributed by atoms with Crippen LogP contribution < -0.4 is 11.1 Å². The fourth-order valence-corrected chi connectivity index (χ4v) is 7.35. The number of carbonyl (C=O) groups is 2. The van der Waals surface area contributed by atoms with E-state index in [-0.39, 0.29) is 23.8 Å². The van der Waals surface area contributed by atoms with Gasteiger partial charge in [-0.05, 0) is 70.6 Å². The second kappa shape index (κ2) is 11.3. The normalized spacial score (nSPS) is 24.9. The minimum Gasteiger partial charge on any atom is -0.389 e. The molecule has 1 aliphatic heterocycles. The number of rotatable bonds is 6. The molecule has 0 spiro atoms. The fraction of sp³-hybridized carbons (Fsp3) is 0.731. The summed E-state index contributed by atoms with van der Waals surface area (Å²) in [6.07, 6.45) is 8.19. The number of nitriles is 1. The van der Waals surface area contributed by atoms with E-state index in [1.54, 1.807) is 11.3 Å². The summed E-state index contributed by atoms with van der Waals surface area (Å²) in [7, 11) is 6.03. The van der Waals surface area contributed by atoms with Crippen molar-refractivity contribution in [2.75, 3.05) is 53.1 Å². The Bertz CT molecular complexity index is 964. The number of likely N-dealkylation sites (N-methyl/N-ethyl adjacent to an activating group) is 2. The third-order valence-corrected chi connectivity index (χ3v) is 9.24. The first-order valence-corrected chi connectivity index (χ1v) is 13.8. The monoisotopic (exact) mass is 500 g/mol. The van der Waals surface area contributed by atoms with Gasteiger partial charge in [0.1, 0.15) is 11.1 Å². The number of fused-ring (bicyclic) bond motifs is 2. The van der Waals surface area contributed by atoms with E-state index in [1.807, 2.05) is 19.0 Å². The van der Waals surface area contributed by atoms with Crippen LogP contribution in [0.1, 0.15) is 54.5 Å². The molecule has 1 saturated carbocycles. The van der Waals surface area contributed by atoms with E-state index in [0.29, 0.717) is 42.2 Å². The summed E-state index contributed by atoms with van der Waals surface area (Å²) in [5.74, 6) is 0.419. The molecule has 1 saturated heterocycles. The summed E-state index contributed by atoms with van der Waals surface area (Å²) >= 11 is 1.54. The standard InChI is InChI=1S/C26H40N6O2S/c1-30(2)10-9-29-26(34)32(15-17-7-5-4-6-8-17)25(33)19-11-18-12-20-21(14-27)24(28)35-23(20)13-22(18)31(3)16-19/h17-19,22H,4-13,15-16,28H2,1-3H3,(H,29,34)/t18-,19-,22-/m1/s1. The molecule has 3 N–H and O–H groups in total. The summed E-state index contributed by atoms with van der Waals surface area (Å²) in [6.45, 7) is 2.44. The van der Waals surface area contributed by atoms with Gasteiger partial charge in [0.15, 0.2) is 0 Å². The molecule has 0 radical (unpaired) electrons. The van der Waals surface area contributed by atoms with Crippen molar-refractivity contribution in [1.82, 2.24) is 20.0 Å². The number of hydrogen-bond donors (Lipinski definition) is 2. The van der Waals surface area contributed by atoms with Gasteiger partial charge in [0, 0.05) is 37.1 Å². The van der Waals surface area contributed by atoms with Gasteiger partial charge < -0.3 is 20.9 Å². The van der Waals surface area contributed by atoms with E-state index < -0.39 is 0 Å². The maximum atomic E-state index is 13.9. The van der Waals surface area contributed by atoms with Gasteiger partial charge in [0.05, 0.1) is 11.5 Å². The lowest BCUT2D eigenvalue weighted by atomic mass is 9.74. The van der Waals surface area contributed by atoms with Crippen LogP contribution in [-0.4, -0.2) is 80.0 Å². The van der Waals surface area contributed by atoms with Crippen molar-refractivity contribution in [3.8, 4) is 6.07 Å². The van der Waals surface area contributed by atoms with Crippen LogP contribution in [-0.2, 0) is 17.6 Å². The van der Waals surface area contributed by atoms with Gasteiger partial charge in [-0.25, -0.2) is 4.79 Å². The number of anilines is 1. The Labute approximate surface area is 213 Å². The van der Waals surface area contributed by atoms with E-state index in [9.17, 15) is 14.9 Å². The Kier molecular flexibility index (Phi) is 8.35. The lowest BCUT2D eigenvalue weighted by molar-refractivity contribution is -0.136. The molecule has 4 rings (SSSR count). The molecule has 0 bridgehead atoms. The summed E-state index contributed by atoms with van der Waals surface area (Å²) in [4.78, 5) is 34.1. The number of piperidine rings is 1. The molecule has 0 unspecified atom stereocenters. The van der Waals surface area contributed by atoms with Gasteiger partial charge in [-0.3, -0.25) is 9.69 Å². The molecular weight excluding hydrogens is 460 g/mol. The maximum absolute atomic E-state index is 13.9. The average molecular weight is 501 g/mol. The van der Waals surface area contributed by atoms with Crippen LogP contribution in [0.2, 0.25) is 0 Å². The minimum atomic E-state index is -0.254. The van der Waals surface area contributed by atoms with Crippen molar-refractivity contribution in [2.45, 2.75) is 57.4 Å². The van der Waals surface area contributed by atoms with Gasteiger partial charge in [-0.1, -0.05) is 19.3 Å². The first-order valence-electron chi connectivity index (χ1n) is 13.0. The number of nitrogen functional groups attached to an aromatic ring is 1. The Morgan fingerprint density at radius 1 is 1.23 bits per heavy atom. The third kappa shape index (κ3) is 5.82. The predicted octanol–water partition coefficient (Wildman–Crippen LogP) is 2.92. The van der Waals surface area contributed by atoms with Crippen molar-refractivity contribution in [2.24, 2.45) is 17.8 Å². The molecule has 192 valence electrons. The number of urea groups is 1. The smallest absolute Gasteiger partial charge is 0.324 e. The van der Waals surface area contributed by atoms with E-state index >= 15 is 0 Å². The average Bonchev–Trinajstić information content (AvgIpc) is 3.15. The van der Waals surface area contributed by atoms with Crippen molar-refractivity contribution in [3.63, 3.8) is 0 Å². The van der Waals surface area contributed by atoms with Crippen LogP contribution in [0.25, 0.3) is 0 Å². The van der Waals surface area contributed by atoms with E-state index in [2.05, 4.69) is 23.3 Å². The summed E-state index contributed by atoms with van der Waals surface area (Å²) in [5.41, 5.74) is 7.83. The number of nitrogens with two attached hydrogens (primary N) is 1. The maximum Gasteiger partial charge on any atom is 0.324 e. The van der Waals surface area contributed by atoms with Crippen LogP contribution >= 0.6 is 11.3 Å². The number of nitrogens with one attached hydrogen (secondary N) is 1. The highest BCUT2D eigenvalue weighted by molar-refractivity contribution is 7.16. The van der Waals surface area contributed by atoms with Gasteiger partial charge in [-0.2, -0.15) is 5.26 Å². The van der Waals surface area contributed by atoms with Crippen LogP contribution in [0.5, 0.6) is 0 Å². The molecule has 9 heteroatoms. The van der Waals surface area contributed by atoms with Crippen LogP contribution in [0, 0.1) is 29.1 Å². The van der Waals surface area contributed by atoms with Crippen molar-refractivity contribution >= 4 is 28.3 Å². The quantitative estimate of drug-likeness (QED) is 0.622. The second-order valence-corrected chi connectivity index (χ2v) is 12.1. The number of nitrogens with zero attached hydrogens (tertiary/aromatic N) is 4. The molecule has 1 aromatic rings. The summed E-state index contributed by atoms with van der Waals surface area (Å²) in [5, 5.41) is 13.2. The molecule has 3 amide bonds. The molecule has 0 aromatic carbocycles. The lowest BCUT2D eigenvalue weighted by Gasteiger charge is -2.45. The number of hydrogen-bond acceptors (Lipinski definition) is 7. The zero-order valence-corrected chi connectivity index (χ0v) is 22.2. The Morgan fingerprint density at radius 3 is 2.66 bits per heavy atom. The minimum absolute atomic E-state index is 0.0423. The zero-order chi connectivity index (χ0) is 25.1. The molecule has 8 nitrogen and oxygen atoms in total. The first kappa shape index (κ1) is 25.9. The Hall–Kier alpha value is -2.15. The highest BCUT2D eigenvalue weighted by atomic mass is 32.1. The Morgan fingerprint density at radius 2 is 1.97 bits per heavy atom. The fourth-order valence-electron chi connectivity index (χ4n) is 6.25. The summed E-state index contributed by atoms with van der Waals surface area (Å²) in [6, 6.07) is 2.38. The molecule has 2 fully saturated rings. The SMILES string of the molecule is CN(C)CCNC(=O)N(CC1CCCCC1)C(=O)[C@@H]1C[C@@H]2Cc3c(sc(N)c3C#N)C[C@H]2N(C)C1. The van der Waals surface area contributed by atoms with Crippen LogP contribution in [0.15, 0.2) is 0 Å². The topological polar surface area (TPSA) is 106 Å². The van der Waals surface area contributed by atoms with E-state index in [4.69, 9.17) is 5.73 Å². The molecule has 2 heterocycles. The van der Waals surface area contributed by atoms with E-state index in [1.165, 1.54) is 29.0 Å². The van der Waals surface area contributed by atoms with Gasteiger partial charge in [0.2, 0.25) is 5.91 Å². The van der Waals surface area contributed by atoms with Crippen molar-refractivity contribution < 1.29 is 9.59 Å². The molecule has 2 aliphatic carbocycles. The number of amides is 3. The molecule has 3 atom stereocenters. The van der Waals surface area contributed by atoms with Crippen LogP contribution in [0.4, 0.5) is 9.80 Å². The highest BCUT2D eigenvalue weighted by Crippen LogP contribution is 2.43. The summed E-state index contributed by atoms with van der Waals surface area (Å²) < 4.78 is 0. The first-order chi connectivity index (χ1) is 16.8. The van der Waals surface area contributed by atoms with Gasteiger partial charge >= 0.3 is 6.03 Å². The van der Waals surface area contributed by atoms with Crippen molar-refractivity contribution in [1.29, 1.82) is 5.26 Å². The zero-order valence-electron chi connectivity index (χ0n) is 21.4. The molecule has 35 heavy (non-hydrogen) atoms. The molecule has 3 aliphatic rings. The molecular formula is C26H40N6O2S. The van der Waals surface area contributed by atoms with Gasteiger partial charge in [0.25, 0.3) is 0 Å².